The highest BCUT2D eigenvalue weighted by Gasteiger charge is 2.37. The summed E-state index contributed by atoms with van der Waals surface area (Å²) in [7, 11) is 0. The van der Waals surface area contributed by atoms with Gasteiger partial charge in [0.05, 0.1) is 0 Å². The summed E-state index contributed by atoms with van der Waals surface area (Å²) in [5.41, 5.74) is 6.38. The van der Waals surface area contributed by atoms with Crippen LogP contribution in [0.3, 0.4) is 0 Å². The maximum atomic E-state index is 13.4. The quantitative estimate of drug-likeness (QED) is 0.735. The number of halogens is 2. The molecule has 0 aliphatic heterocycles. The van der Waals surface area contributed by atoms with Gasteiger partial charge in [0.1, 0.15) is 0 Å². The standard InChI is InChI=1S/C11H13F2N/c1-7-5-8(10(13)9(12)6-7)11(14)3-2-4-11/h5-6H,2-4,14H2,1H3. The molecule has 1 aromatic carbocycles. The van der Waals surface area contributed by atoms with Gasteiger partial charge < -0.3 is 5.73 Å². The molecule has 1 saturated carbocycles. The van der Waals surface area contributed by atoms with E-state index in [1.54, 1.807) is 13.0 Å². The van der Waals surface area contributed by atoms with Crippen molar-refractivity contribution < 1.29 is 8.78 Å². The van der Waals surface area contributed by atoms with E-state index in [-0.39, 0.29) is 0 Å². The molecule has 14 heavy (non-hydrogen) atoms. The molecule has 76 valence electrons. The van der Waals surface area contributed by atoms with Crippen molar-refractivity contribution in [1.82, 2.24) is 0 Å². The predicted octanol–water partition coefficient (Wildman–Crippen LogP) is 2.61. The van der Waals surface area contributed by atoms with Gasteiger partial charge in [-0.15, -0.1) is 0 Å². The van der Waals surface area contributed by atoms with Crippen LogP contribution in [0, 0.1) is 18.6 Å². The number of hydrogen-bond donors (Lipinski definition) is 1. The normalized spacial score (nSPS) is 19.1. The summed E-state index contributed by atoms with van der Waals surface area (Å²) in [5, 5.41) is 0. The molecule has 1 aliphatic carbocycles. The van der Waals surface area contributed by atoms with Crippen molar-refractivity contribution in [3.8, 4) is 0 Å². The Morgan fingerprint density at radius 1 is 1.29 bits per heavy atom. The first kappa shape index (κ1) is 9.59. The third-order valence-corrected chi connectivity index (χ3v) is 2.95. The Morgan fingerprint density at radius 2 is 1.93 bits per heavy atom. The second kappa shape index (κ2) is 3.02. The van der Waals surface area contributed by atoms with Crippen LogP contribution in [0.25, 0.3) is 0 Å². The zero-order valence-corrected chi connectivity index (χ0v) is 8.11. The summed E-state index contributed by atoms with van der Waals surface area (Å²) in [6.07, 6.45) is 2.48. The lowest BCUT2D eigenvalue weighted by atomic mass is 9.72. The molecule has 0 atom stereocenters. The SMILES string of the molecule is Cc1cc(F)c(F)c(C2(N)CCC2)c1. The first-order valence-electron chi connectivity index (χ1n) is 4.78. The molecule has 2 rings (SSSR count). The van der Waals surface area contributed by atoms with Crippen LogP contribution in [0.4, 0.5) is 8.78 Å². The second-order valence-electron chi connectivity index (χ2n) is 4.12. The third kappa shape index (κ3) is 1.32. The van der Waals surface area contributed by atoms with Gasteiger partial charge in [0.25, 0.3) is 0 Å². The van der Waals surface area contributed by atoms with Gasteiger partial charge in [0.15, 0.2) is 11.6 Å². The smallest absolute Gasteiger partial charge is 0.163 e. The van der Waals surface area contributed by atoms with E-state index in [1.165, 1.54) is 6.07 Å². The second-order valence-corrected chi connectivity index (χ2v) is 4.12. The largest absolute Gasteiger partial charge is 0.321 e. The lowest BCUT2D eigenvalue weighted by Crippen LogP contribution is -2.44. The molecule has 1 nitrogen and oxygen atoms in total. The van der Waals surface area contributed by atoms with Crippen molar-refractivity contribution in [2.24, 2.45) is 5.73 Å². The summed E-state index contributed by atoms with van der Waals surface area (Å²) in [6.45, 7) is 1.74. The Labute approximate surface area is 81.9 Å². The molecule has 0 amide bonds. The molecule has 0 unspecified atom stereocenters. The molecule has 0 saturated heterocycles. The van der Waals surface area contributed by atoms with Gasteiger partial charge in [-0.2, -0.15) is 0 Å². The molecule has 0 aromatic heterocycles. The van der Waals surface area contributed by atoms with Crippen LogP contribution in [-0.4, -0.2) is 0 Å². The predicted molar refractivity (Wildman–Crippen MR) is 50.8 cm³/mol. The molecule has 2 N–H and O–H groups in total. The van der Waals surface area contributed by atoms with Crippen LogP contribution in [0.15, 0.2) is 12.1 Å². The zero-order valence-electron chi connectivity index (χ0n) is 8.11. The van der Waals surface area contributed by atoms with Gasteiger partial charge in [-0.25, -0.2) is 8.78 Å². The van der Waals surface area contributed by atoms with Gasteiger partial charge in [-0.05, 0) is 37.8 Å². The molecule has 0 radical (unpaired) electrons. The van der Waals surface area contributed by atoms with Gasteiger partial charge in [-0.3, -0.25) is 0 Å². The summed E-state index contributed by atoms with van der Waals surface area (Å²) in [6, 6.07) is 2.85. The van der Waals surface area contributed by atoms with Crippen LogP contribution in [-0.2, 0) is 5.54 Å². The topological polar surface area (TPSA) is 26.0 Å². The maximum absolute atomic E-state index is 13.4. The average Bonchev–Trinajstić information content (AvgIpc) is 2.07. The molecule has 1 aromatic rings. The summed E-state index contributed by atoms with van der Waals surface area (Å²) in [5.74, 6) is -1.57. The van der Waals surface area contributed by atoms with E-state index < -0.39 is 17.2 Å². The Bertz CT molecular complexity index is 370. The fourth-order valence-electron chi connectivity index (χ4n) is 1.91. The molecule has 0 heterocycles. The molecular weight excluding hydrogens is 184 g/mol. The van der Waals surface area contributed by atoms with Crippen LogP contribution < -0.4 is 5.73 Å². The lowest BCUT2D eigenvalue weighted by molar-refractivity contribution is 0.242. The van der Waals surface area contributed by atoms with Crippen molar-refractivity contribution in [1.29, 1.82) is 0 Å². The van der Waals surface area contributed by atoms with E-state index in [4.69, 9.17) is 5.73 Å². The maximum Gasteiger partial charge on any atom is 0.163 e. The Hall–Kier alpha value is -0.960. The van der Waals surface area contributed by atoms with E-state index in [2.05, 4.69) is 0 Å². The molecule has 1 aliphatic rings. The zero-order chi connectivity index (χ0) is 10.3. The Balaban J connectivity index is 2.51. The van der Waals surface area contributed by atoms with E-state index in [0.29, 0.717) is 5.56 Å². The van der Waals surface area contributed by atoms with Gasteiger partial charge in [0, 0.05) is 11.1 Å². The number of nitrogens with two attached hydrogens (primary N) is 1. The Kier molecular flexibility index (Phi) is 2.07. The average molecular weight is 197 g/mol. The van der Waals surface area contributed by atoms with Crippen molar-refractivity contribution in [2.75, 3.05) is 0 Å². The highest BCUT2D eigenvalue weighted by atomic mass is 19.2. The first-order valence-corrected chi connectivity index (χ1v) is 4.78. The number of aryl methyl sites for hydroxylation is 1. The molecule has 3 heteroatoms. The van der Waals surface area contributed by atoms with Crippen molar-refractivity contribution in [3.63, 3.8) is 0 Å². The minimum atomic E-state index is -0.795. The van der Waals surface area contributed by atoms with E-state index in [9.17, 15) is 8.78 Å². The minimum absolute atomic E-state index is 0.334. The summed E-state index contributed by atoms with van der Waals surface area (Å²) in [4.78, 5) is 0. The molecule has 0 bridgehead atoms. The summed E-state index contributed by atoms with van der Waals surface area (Å²) >= 11 is 0. The van der Waals surface area contributed by atoms with Crippen molar-refractivity contribution in [3.05, 3.63) is 34.9 Å². The monoisotopic (exact) mass is 197 g/mol. The number of hydrogen-bond acceptors (Lipinski definition) is 1. The fraction of sp³-hybridized carbons (Fsp3) is 0.455. The molecule has 1 fully saturated rings. The van der Waals surface area contributed by atoms with Gasteiger partial charge in [0.2, 0.25) is 0 Å². The van der Waals surface area contributed by atoms with E-state index in [0.717, 1.165) is 24.8 Å². The third-order valence-electron chi connectivity index (χ3n) is 2.95. The Morgan fingerprint density at radius 3 is 2.43 bits per heavy atom. The van der Waals surface area contributed by atoms with Crippen LogP contribution in [0.1, 0.15) is 30.4 Å². The van der Waals surface area contributed by atoms with Crippen molar-refractivity contribution >= 4 is 0 Å². The van der Waals surface area contributed by atoms with E-state index >= 15 is 0 Å². The van der Waals surface area contributed by atoms with E-state index in [1.807, 2.05) is 0 Å². The highest BCUT2D eigenvalue weighted by molar-refractivity contribution is 5.32. The van der Waals surface area contributed by atoms with Crippen LogP contribution in [0.2, 0.25) is 0 Å². The van der Waals surface area contributed by atoms with Crippen molar-refractivity contribution in [2.45, 2.75) is 31.7 Å². The highest BCUT2D eigenvalue weighted by Crippen LogP contribution is 2.40. The summed E-state index contributed by atoms with van der Waals surface area (Å²) < 4.78 is 26.5. The molecular formula is C11H13F2N. The van der Waals surface area contributed by atoms with Crippen LogP contribution in [0.5, 0.6) is 0 Å². The fourth-order valence-corrected chi connectivity index (χ4v) is 1.91. The molecule has 0 spiro atoms. The number of benzene rings is 1. The van der Waals surface area contributed by atoms with Gasteiger partial charge in [-0.1, -0.05) is 6.07 Å². The van der Waals surface area contributed by atoms with Gasteiger partial charge >= 0.3 is 0 Å². The number of rotatable bonds is 1. The minimum Gasteiger partial charge on any atom is -0.321 e. The van der Waals surface area contributed by atoms with Crippen LogP contribution >= 0.6 is 0 Å². The lowest BCUT2D eigenvalue weighted by Gasteiger charge is -2.38. The first-order chi connectivity index (χ1) is 6.53.